The van der Waals surface area contributed by atoms with Crippen LogP contribution in [0, 0.1) is 6.92 Å². The predicted molar refractivity (Wildman–Crippen MR) is 91.3 cm³/mol. The lowest BCUT2D eigenvalue weighted by Crippen LogP contribution is -2.37. The van der Waals surface area contributed by atoms with Crippen LogP contribution in [-0.2, 0) is 24.2 Å². The zero-order valence-electron chi connectivity index (χ0n) is 14.3. The van der Waals surface area contributed by atoms with Crippen molar-refractivity contribution in [3.63, 3.8) is 0 Å². The monoisotopic (exact) mass is 326 g/mol. The maximum Gasteiger partial charge on any atom is 0.227 e. The summed E-state index contributed by atoms with van der Waals surface area (Å²) < 4.78 is 10.7. The number of pyridine rings is 1. The molecule has 0 unspecified atom stereocenters. The molecule has 1 aromatic carbocycles. The molecule has 0 atom stereocenters. The van der Waals surface area contributed by atoms with Gasteiger partial charge in [-0.05, 0) is 48.2 Å². The van der Waals surface area contributed by atoms with Crippen molar-refractivity contribution < 1.29 is 14.3 Å². The van der Waals surface area contributed by atoms with Crippen LogP contribution in [0.2, 0.25) is 0 Å². The van der Waals surface area contributed by atoms with Crippen molar-refractivity contribution in [2.45, 2.75) is 26.3 Å². The summed E-state index contributed by atoms with van der Waals surface area (Å²) in [6.07, 6.45) is 2.99. The Hall–Kier alpha value is -2.56. The second-order valence-electron chi connectivity index (χ2n) is 6.03. The smallest absolute Gasteiger partial charge is 0.227 e. The van der Waals surface area contributed by atoms with Crippen molar-refractivity contribution in [1.82, 2.24) is 9.88 Å². The molecule has 2 heterocycles. The van der Waals surface area contributed by atoms with Gasteiger partial charge in [-0.25, -0.2) is 0 Å². The van der Waals surface area contributed by atoms with Crippen LogP contribution in [0.1, 0.15) is 22.4 Å². The van der Waals surface area contributed by atoms with Gasteiger partial charge in [-0.2, -0.15) is 0 Å². The molecule has 0 bridgehead atoms. The van der Waals surface area contributed by atoms with Crippen LogP contribution >= 0.6 is 0 Å². The molecule has 126 valence electrons. The van der Waals surface area contributed by atoms with E-state index in [1.807, 2.05) is 36.1 Å². The van der Waals surface area contributed by atoms with Crippen LogP contribution in [0.5, 0.6) is 11.5 Å². The number of carbonyl (C=O) groups excluding carboxylic acids is 1. The third kappa shape index (κ3) is 3.35. The van der Waals surface area contributed by atoms with Gasteiger partial charge in [-0.1, -0.05) is 6.07 Å². The number of hydrogen-bond donors (Lipinski definition) is 0. The summed E-state index contributed by atoms with van der Waals surface area (Å²) in [6, 6.07) is 7.89. The largest absolute Gasteiger partial charge is 0.493 e. The van der Waals surface area contributed by atoms with Gasteiger partial charge < -0.3 is 14.4 Å². The van der Waals surface area contributed by atoms with E-state index in [4.69, 9.17) is 9.47 Å². The van der Waals surface area contributed by atoms with Gasteiger partial charge in [0.25, 0.3) is 0 Å². The maximum absolute atomic E-state index is 12.6. The number of benzene rings is 1. The first-order valence-electron chi connectivity index (χ1n) is 8.04. The molecule has 1 aliphatic heterocycles. The molecule has 2 aromatic rings. The lowest BCUT2D eigenvalue weighted by atomic mass is 9.98. The van der Waals surface area contributed by atoms with E-state index in [1.54, 1.807) is 20.4 Å². The van der Waals surface area contributed by atoms with E-state index < -0.39 is 0 Å². The Bertz CT molecular complexity index is 741. The lowest BCUT2D eigenvalue weighted by Gasteiger charge is -2.29. The zero-order chi connectivity index (χ0) is 17.1. The van der Waals surface area contributed by atoms with E-state index in [9.17, 15) is 4.79 Å². The first-order valence-corrected chi connectivity index (χ1v) is 8.04. The average Bonchev–Trinajstić information content (AvgIpc) is 2.61. The van der Waals surface area contributed by atoms with E-state index >= 15 is 0 Å². The molecule has 1 amide bonds. The van der Waals surface area contributed by atoms with Crippen LogP contribution in [-0.4, -0.2) is 36.6 Å². The van der Waals surface area contributed by atoms with Gasteiger partial charge in [0.2, 0.25) is 5.91 Å². The molecule has 5 nitrogen and oxygen atoms in total. The second-order valence-corrected chi connectivity index (χ2v) is 6.03. The highest BCUT2D eigenvalue weighted by atomic mass is 16.5. The number of methoxy groups -OCH3 is 2. The molecule has 5 heteroatoms. The molecular formula is C19H22N2O3. The molecule has 1 aromatic heterocycles. The van der Waals surface area contributed by atoms with E-state index in [0.29, 0.717) is 18.7 Å². The van der Waals surface area contributed by atoms with Gasteiger partial charge in [0.05, 0.1) is 20.6 Å². The minimum Gasteiger partial charge on any atom is -0.493 e. The Morgan fingerprint density at radius 2 is 1.88 bits per heavy atom. The van der Waals surface area contributed by atoms with Crippen LogP contribution < -0.4 is 9.47 Å². The summed E-state index contributed by atoms with van der Waals surface area (Å²) in [4.78, 5) is 18.7. The fourth-order valence-corrected chi connectivity index (χ4v) is 2.99. The Morgan fingerprint density at radius 3 is 2.50 bits per heavy atom. The Labute approximate surface area is 142 Å². The van der Waals surface area contributed by atoms with Gasteiger partial charge in [-0.3, -0.25) is 9.78 Å². The number of hydrogen-bond acceptors (Lipinski definition) is 4. The number of aromatic nitrogens is 1. The SMILES string of the molecule is COc1cc2c(cc1OC)CN(C(=O)Cc1ccc(C)nc1)CC2. The number of rotatable bonds is 4. The quantitative estimate of drug-likeness (QED) is 0.866. The first kappa shape index (κ1) is 16.3. The molecule has 24 heavy (non-hydrogen) atoms. The highest BCUT2D eigenvalue weighted by Gasteiger charge is 2.22. The van der Waals surface area contributed by atoms with Gasteiger partial charge in [0.1, 0.15) is 0 Å². The molecule has 0 N–H and O–H groups in total. The lowest BCUT2D eigenvalue weighted by molar-refractivity contribution is -0.131. The van der Waals surface area contributed by atoms with E-state index in [1.165, 1.54) is 5.56 Å². The predicted octanol–water partition coefficient (Wildman–Crippen LogP) is 2.53. The van der Waals surface area contributed by atoms with Crippen LogP contribution in [0.3, 0.4) is 0 Å². The molecular weight excluding hydrogens is 304 g/mol. The summed E-state index contributed by atoms with van der Waals surface area (Å²) in [5.74, 6) is 1.57. The van der Waals surface area contributed by atoms with E-state index in [0.717, 1.165) is 35.5 Å². The summed E-state index contributed by atoms with van der Waals surface area (Å²) in [5.41, 5.74) is 4.24. The van der Waals surface area contributed by atoms with Gasteiger partial charge in [-0.15, -0.1) is 0 Å². The number of carbonyl (C=O) groups is 1. The summed E-state index contributed by atoms with van der Waals surface area (Å²) in [6.45, 7) is 3.27. The van der Waals surface area contributed by atoms with Crippen molar-refractivity contribution >= 4 is 5.91 Å². The fourth-order valence-electron chi connectivity index (χ4n) is 2.99. The molecule has 1 aliphatic rings. The standard InChI is InChI=1S/C19H22N2O3/c1-13-4-5-14(11-20-13)8-19(22)21-7-6-15-9-17(23-2)18(24-3)10-16(15)12-21/h4-5,9-11H,6-8,12H2,1-3H3. The van der Waals surface area contributed by atoms with Crippen molar-refractivity contribution in [3.8, 4) is 11.5 Å². The summed E-state index contributed by atoms with van der Waals surface area (Å²) in [5, 5.41) is 0. The molecule has 0 aliphatic carbocycles. The average molecular weight is 326 g/mol. The van der Waals surface area contributed by atoms with Gasteiger partial charge in [0, 0.05) is 25.0 Å². The second kappa shape index (κ2) is 6.91. The van der Waals surface area contributed by atoms with E-state index in [2.05, 4.69) is 4.98 Å². The summed E-state index contributed by atoms with van der Waals surface area (Å²) in [7, 11) is 3.26. The minimum atomic E-state index is 0.126. The third-order valence-corrected chi connectivity index (χ3v) is 4.40. The molecule has 0 saturated heterocycles. The molecule has 0 saturated carbocycles. The normalized spacial score (nSPS) is 13.4. The van der Waals surface area contributed by atoms with Crippen molar-refractivity contribution in [3.05, 3.63) is 52.8 Å². The van der Waals surface area contributed by atoms with Crippen LogP contribution in [0.25, 0.3) is 0 Å². The van der Waals surface area contributed by atoms with E-state index in [-0.39, 0.29) is 5.91 Å². The van der Waals surface area contributed by atoms with Crippen molar-refractivity contribution in [2.24, 2.45) is 0 Å². The molecule has 0 spiro atoms. The molecule has 0 radical (unpaired) electrons. The van der Waals surface area contributed by atoms with Gasteiger partial charge >= 0.3 is 0 Å². The Kier molecular flexibility index (Phi) is 4.69. The van der Waals surface area contributed by atoms with Crippen molar-refractivity contribution in [1.29, 1.82) is 0 Å². The number of fused-ring (bicyclic) bond motifs is 1. The fraction of sp³-hybridized carbons (Fsp3) is 0.368. The molecule has 0 fully saturated rings. The first-order chi connectivity index (χ1) is 11.6. The Morgan fingerprint density at radius 1 is 1.17 bits per heavy atom. The van der Waals surface area contributed by atoms with Crippen LogP contribution in [0.15, 0.2) is 30.5 Å². The zero-order valence-corrected chi connectivity index (χ0v) is 14.3. The van der Waals surface area contributed by atoms with Gasteiger partial charge in [0.15, 0.2) is 11.5 Å². The third-order valence-electron chi connectivity index (χ3n) is 4.40. The topological polar surface area (TPSA) is 51.7 Å². The minimum absolute atomic E-state index is 0.126. The Balaban J connectivity index is 1.74. The highest BCUT2D eigenvalue weighted by molar-refractivity contribution is 5.79. The number of ether oxygens (including phenoxy) is 2. The summed E-state index contributed by atoms with van der Waals surface area (Å²) >= 11 is 0. The molecule has 3 rings (SSSR count). The van der Waals surface area contributed by atoms with Crippen molar-refractivity contribution in [2.75, 3.05) is 20.8 Å². The number of amides is 1. The maximum atomic E-state index is 12.6. The number of nitrogens with zero attached hydrogens (tertiary/aromatic N) is 2. The number of aryl methyl sites for hydroxylation is 1. The highest BCUT2D eigenvalue weighted by Crippen LogP contribution is 2.33. The van der Waals surface area contributed by atoms with Crippen LogP contribution in [0.4, 0.5) is 0 Å².